The fourth-order valence-corrected chi connectivity index (χ4v) is 4.23. The molecule has 1 saturated heterocycles. The Morgan fingerprint density at radius 1 is 1.19 bits per heavy atom. The summed E-state index contributed by atoms with van der Waals surface area (Å²) in [6.07, 6.45) is 3.82. The van der Waals surface area contributed by atoms with Crippen LogP contribution < -0.4 is 20.5 Å². The van der Waals surface area contributed by atoms with Crippen molar-refractivity contribution in [1.29, 1.82) is 0 Å². The molecule has 2 fully saturated rings. The molecule has 192 valence electrons. The van der Waals surface area contributed by atoms with Crippen molar-refractivity contribution in [1.82, 2.24) is 10.2 Å². The van der Waals surface area contributed by atoms with Gasteiger partial charge in [-0.05, 0) is 42.0 Å². The highest BCUT2D eigenvalue weighted by molar-refractivity contribution is 6.43. The summed E-state index contributed by atoms with van der Waals surface area (Å²) >= 11 is 0. The van der Waals surface area contributed by atoms with Gasteiger partial charge in [0, 0.05) is 44.5 Å². The summed E-state index contributed by atoms with van der Waals surface area (Å²) in [7, 11) is 3.20. The maximum Gasteiger partial charge on any atom is 0.269 e. The number of aliphatic imine (C=N–C) groups is 1. The summed E-state index contributed by atoms with van der Waals surface area (Å²) in [5, 5.41) is 2.92. The van der Waals surface area contributed by atoms with E-state index in [4.69, 9.17) is 19.9 Å². The summed E-state index contributed by atoms with van der Waals surface area (Å²) in [5.74, 6) is 1.34. The average Bonchev–Trinajstić information content (AvgIpc) is 3.75. The standard InChI is InChI=1S/C28H36N4O4/c1-30-25(16-24(29)22-9-10-22)28(33)31-17-23-7-4-8-26(27(23)34-2)36-19-21-6-3-5-20(15-21)18-32-11-13-35-14-12-32/h3-8,15-16,22H,9-14,17-19,29H2,1-2H3,(H,31,33). The van der Waals surface area contributed by atoms with Crippen LogP contribution in [-0.4, -0.2) is 57.0 Å². The maximum atomic E-state index is 12.7. The first kappa shape index (κ1) is 25.7. The van der Waals surface area contributed by atoms with E-state index in [9.17, 15) is 4.79 Å². The van der Waals surface area contributed by atoms with Crippen molar-refractivity contribution in [2.75, 3.05) is 40.5 Å². The largest absolute Gasteiger partial charge is 0.493 e. The predicted molar refractivity (Wildman–Crippen MR) is 140 cm³/mol. The van der Waals surface area contributed by atoms with Crippen LogP contribution in [0.2, 0.25) is 0 Å². The molecule has 1 aliphatic heterocycles. The van der Waals surface area contributed by atoms with Crippen molar-refractivity contribution in [3.63, 3.8) is 0 Å². The van der Waals surface area contributed by atoms with Crippen LogP contribution in [0, 0.1) is 5.92 Å². The zero-order chi connectivity index (χ0) is 25.3. The average molecular weight is 493 g/mol. The Morgan fingerprint density at radius 3 is 2.67 bits per heavy atom. The molecular formula is C28H36N4O4. The van der Waals surface area contributed by atoms with Gasteiger partial charge in [-0.1, -0.05) is 36.4 Å². The summed E-state index contributed by atoms with van der Waals surface area (Å²) in [4.78, 5) is 19.2. The SMILES string of the molecule is CN=C(C=C(N)C1CC1)C(=O)NCc1cccc(OCc2cccc(CN3CCOCC3)c2)c1OC. The molecule has 8 heteroatoms. The van der Waals surface area contributed by atoms with Gasteiger partial charge in [-0.2, -0.15) is 0 Å². The number of nitrogens with zero attached hydrogens (tertiary/aromatic N) is 2. The number of nitrogens with one attached hydrogen (secondary N) is 1. The van der Waals surface area contributed by atoms with Crippen LogP contribution in [0.3, 0.4) is 0 Å². The van der Waals surface area contributed by atoms with Crippen LogP contribution in [0.4, 0.5) is 0 Å². The van der Waals surface area contributed by atoms with Gasteiger partial charge >= 0.3 is 0 Å². The Balaban J connectivity index is 1.36. The quantitative estimate of drug-likeness (QED) is 0.468. The number of allylic oxidation sites excluding steroid dienone is 1. The third kappa shape index (κ3) is 7.08. The van der Waals surface area contributed by atoms with Gasteiger partial charge in [0.15, 0.2) is 11.5 Å². The monoisotopic (exact) mass is 492 g/mol. The molecule has 2 aliphatic rings. The first-order valence-corrected chi connectivity index (χ1v) is 12.5. The molecule has 4 rings (SSSR count). The molecule has 8 nitrogen and oxygen atoms in total. The minimum absolute atomic E-state index is 0.272. The number of carbonyl (C=O) groups excluding carboxylic acids is 1. The van der Waals surface area contributed by atoms with Crippen LogP contribution >= 0.6 is 0 Å². The topological polar surface area (TPSA) is 98.4 Å². The lowest BCUT2D eigenvalue weighted by atomic mass is 10.1. The number of morpholine rings is 1. The van der Waals surface area contributed by atoms with Crippen LogP contribution in [0.5, 0.6) is 11.5 Å². The van der Waals surface area contributed by atoms with Crippen LogP contribution in [0.25, 0.3) is 0 Å². The molecule has 0 unspecified atom stereocenters. The van der Waals surface area contributed by atoms with Gasteiger partial charge in [0.25, 0.3) is 5.91 Å². The van der Waals surface area contributed by atoms with E-state index in [2.05, 4.69) is 39.5 Å². The smallest absolute Gasteiger partial charge is 0.269 e. The minimum atomic E-state index is -0.272. The zero-order valence-corrected chi connectivity index (χ0v) is 21.2. The zero-order valence-electron chi connectivity index (χ0n) is 21.2. The summed E-state index contributed by atoms with van der Waals surface area (Å²) < 4.78 is 17.2. The normalized spacial score (nSPS) is 17.1. The van der Waals surface area contributed by atoms with Gasteiger partial charge < -0.3 is 25.3 Å². The van der Waals surface area contributed by atoms with E-state index in [0.717, 1.165) is 56.8 Å². The van der Waals surface area contributed by atoms with Crippen LogP contribution in [0.15, 0.2) is 59.2 Å². The predicted octanol–water partition coefficient (Wildman–Crippen LogP) is 3.05. The minimum Gasteiger partial charge on any atom is -0.493 e. The third-order valence-electron chi connectivity index (χ3n) is 6.43. The Labute approximate surface area is 213 Å². The Bertz CT molecular complexity index is 1100. The molecule has 1 saturated carbocycles. The number of carbonyl (C=O) groups is 1. The fraction of sp³-hybridized carbons (Fsp3) is 0.429. The molecule has 0 spiro atoms. The van der Waals surface area contributed by atoms with Gasteiger partial charge in [0.1, 0.15) is 12.3 Å². The molecule has 0 radical (unpaired) electrons. The number of methoxy groups -OCH3 is 1. The van der Waals surface area contributed by atoms with E-state index in [1.807, 2.05) is 18.2 Å². The summed E-state index contributed by atoms with van der Waals surface area (Å²) in [6.45, 7) is 5.09. The van der Waals surface area contributed by atoms with E-state index in [-0.39, 0.29) is 12.5 Å². The number of amides is 1. The third-order valence-corrected chi connectivity index (χ3v) is 6.43. The molecule has 1 amide bonds. The van der Waals surface area contributed by atoms with Gasteiger partial charge in [0.2, 0.25) is 0 Å². The Hall–Kier alpha value is -3.36. The van der Waals surface area contributed by atoms with Gasteiger partial charge in [-0.15, -0.1) is 0 Å². The summed E-state index contributed by atoms with van der Waals surface area (Å²) in [5.41, 5.74) is 10.3. The van der Waals surface area contributed by atoms with E-state index >= 15 is 0 Å². The number of rotatable bonds is 11. The molecule has 0 aromatic heterocycles. The Kier molecular flexibility index (Phi) is 8.97. The lowest BCUT2D eigenvalue weighted by Gasteiger charge is -2.26. The molecule has 2 aromatic rings. The molecule has 0 atom stereocenters. The van der Waals surface area contributed by atoms with E-state index in [0.29, 0.717) is 35.4 Å². The molecule has 0 bridgehead atoms. The number of hydrogen-bond acceptors (Lipinski definition) is 7. The van der Waals surface area contributed by atoms with Crippen molar-refractivity contribution >= 4 is 11.6 Å². The number of benzene rings is 2. The first-order valence-electron chi connectivity index (χ1n) is 12.5. The molecule has 1 aliphatic carbocycles. The first-order chi connectivity index (χ1) is 17.6. The maximum absolute atomic E-state index is 12.7. The molecule has 3 N–H and O–H groups in total. The molecule has 2 aromatic carbocycles. The van der Waals surface area contributed by atoms with Crippen molar-refractivity contribution in [3.05, 3.63) is 70.9 Å². The molecular weight excluding hydrogens is 456 g/mol. The van der Waals surface area contributed by atoms with Gasteiger partial charge in [0.05, 0.1) is 20.3 Å². The Morgan fingerprint density at radius 2 is 1.94 bits per heavy atom. The highest BCUT2D eigenvalue weighted by atomic mass is 16.5. The fourth-order valence-electron chi connectivity index (χ4n) is 4.23. The van der Waals surface area contributed by atoms with Crippen molar-refractivity contribution in [3.8, 4) is 11.5 Å². The second-order valence-electron chi connectivity index (χ2n) is 9.16. The number of hydrogen-bond donors (Lipinski definition) is 2. The highest BCUT2D eigenvalue weighted by Gasteiger charge is 2.25. The second-order valence-corrected chi connectivity index (χ2v) is 9.16. The number of nitrogens with two attached hydrogens (primary N) is 1. The van der Waals surface area contributed by atoms with Gasteiger partial charge in [-0.3, -0.25) is 14.7 Å². The lowest BCUT2D eigenvalue weighted by Crippen LogP contribution is -2.35. The van der Waals surface area contributed by atoms with Crippen LogP contribution in [0.1, 0.15) is 29.5 Å². The number of ether oxygens (including phenoxy) is 3. The second kappa shape index (κ2) is 12.6. The summed E-state index contributed by atoms with van der Waals surface area (Å²) in [6, 6.07) is 14.1. The van der Waals surface area contributed by atoms with E-state index < -0.39 is 0 Å². The molecule has 1 heterocycles. The van der Waals surface area contributed by atoms with Crippen molar-refractivity contribution in [2.45, 2.75) is 32.5 Å². The highest BCUT2D eigenvalue weighted by Crippen LogP contribution is 2.34. The molecule has 36 heavy (non-hydrogen) atoms. The van der Waals surface area contributed by atoms with Gasteiger partial charge in [-0.25, -0.2) is 0 Å². The van der Waals surface area contributed by atoms with Crippen molar-refractivity contribution in [2.24, 2.45) is 16.6 Å². The lowest BCUT2D eigenvalue weighted by molar-refractivity contribution is -0.114. The van der Waals surface area contributed by atoms with E-state index in [1.54, 1.807) is 20.2 Å². The van der Waals surface area contributed by atoms with Crippen molar-refractivity contribution < 1.29 is 19.0 Å². The van der Waals surface area contributed by atoms with E-state index in [1.165, 1.54) is 5.56 Å². The van der Waals surface area contributed by atoms with Crippen LogP contribution in [-0.2, 0) is 29.2 Å². The number of para-hydroxylation sites is 1.